The van der Waals surface area contributed by atoms with Gasteiger partial charge in [0.1, 0.15) is 6.10 Å². The van der Waals surface area contributed by atoms with E-state index in [4.69, 9.17) is 15.2 Å². The van der Waals surface area contributed by atoms with Gasteiger partial charge in [0.15, 0.2) is 0 Å². The molecule has 7 nitrogen and oxygen atoms in total. The molecule has 0 atom stereocenters. The number of piperidine rings is 2. The number of carbonyl (C=O) groups is 2. The van der Waals surface area contributed by atoms with E-state index in [9.17, 15) is 9.59 Å². The fourth-order valence-electron chi connectivity index (χ4n) is 3.15. The van der Waals surface area contributed by atoms with Gasteiger partial charge in [0, 0.05) is 32.2 Å². The molecule has 0 saturated carbocycles. The fraction of sp³-hybridized carbons (Fsp3) is 0.857. The molecular formula is C14H25N3O4. The van der Waals surface area contributed by atoms with Crippen LogP contribution in [0.1, 0.15) is 32.6 Å². The van der Waals surface area contributed by atoms with Crippen LogP contribution in [0.4, 0.5) is 9.59 Å². The zero-order valence-corrected chi connectivity index (χ0v) is 12.6. The Labute approximate surface area is 125 Å². The quantitative estimate of drug-likeness (QED) is 0.845. The van der Waals surface area contributed by atoms with Crippen molar-refractivity contribution in [1.82, 2.24) is 9.80 Å². The minimum absolute atomic E-state index is 0.0432. The molecule has 120 valence electrons. The maximum atomic E-state index is 11.7. The van der Waals surface area contributed by atoms with Crippen LogP contribution in [-0.4, -0.2) is 66.9 Å². The standard InChI is InChI=1S/C14H25N3O4/c1-2-20-14(19)17-7-3-11(4-8-17)16-9-5-12(6-10-16)21-13(15)18/h11-12H,2-10H2,1H3,(H2,15,18). The molecule has 0 aromatic carbocycles. The summed E-state index contributed by atoms with van der Waals surface area (Å²) in [6.07, 6.45) is 2.68. The predicted octanol–water partition coefficient (Wildman–Crippen LogP) is 1.17. The molecular weight excluding hydrogens is 274 g/mol. The Morgan fingerprint density at radius 2 is 1.71 bits per heavy atom. The lowest BCUT2D eigenvalue weighted by molar-refractivity contribution is 0.0259. The Balaban J connectivity index is 1.71. The summed E-state index contributed by atoms with van der Waals surface area (Å²) >= 11 is 0. The van der Waals surface area contributed by atoms with Crippen LogP contribution < -0.4 is 5.73 Å². The molecule has 2 N–H and O–H groups in total. The number of amides is 2. The lowest BCUT2D eigenvalue weighted by atomic mass is 9.99. The van der Waals surface area contributed by atoms with Gasteiger partial charge in [-0.3, -0.25) is 4.90 Å². The molecule has 2 amide bonds. The third kappa shape index (κ3) is 4.49. The van der Waals surface area contributed by atoms with Crippen LogP contribution in [0.5, 0.6) is 0 Å². The van der Waals surface area contributed by atoms with Gasteiger partial charge in [-0.15, -0.1) is 0 Å². The lowest BCUT2D eigenvalue weighted by Gasteiger charge is -2.41. The van der Waals surface area contributed by atoms with E-state index in [0.717, 1.165) is 51.9 Å². The van der Waals surface area contributed by atoms with Crippen LogP contribution in [0.15, 0.2) is 0 Å². The molecule has 2 fully saturated rings. The zero-order valence-electron chi connectivity index (χ0n) is 12.6. The topological polar surface area (TPSA) is 85.1 Å². The molecule has 2 aliphatic rings. The van der Waals surface area contributed by atoms with Crippen LogP contribution in [0.2, 0.25) is 0 Å². The summed E-state index contributed by atoms with van der Waals surface area (Å²) < 4.78 is 10.1. The summed E-state index contributed by atoms with van der Waals surface area (Å²) in [4.78, 5) is 26.6. The van der Waals surface area contributed by atoms with Gasteiger partial charge in [0.2, 0.25) is 0 Å². The summed E-state index contributed by atoms with van der Waals surface area (Å²) in [5, 5.41) is 0. The molecule has 0 aliphatic carbocycles. The first-order valence-electron chi connectivity index (χ1n) is 7.72. The van der Waals surface area contributed by atoms with E-state index in [0.29, 0.717) is 12.6 Å². The number of nitrogens with two attached hydrogens (primary N) is 1. The van der Waals surface area contributed by atoms with Gasteiger partial charge >= 0.3 is 12.2 Å². The van der Waals surface area contributed by atoms with Gasteiger partial charge < -0.3 is 20.1 Å². The summed E-state index contributed by atoms with van der Waals surface area (Å²) in [5.74, 6) is 0. The average Bonchev–Trinajstić information content (AvgIpc) is 2.48. The van der Waals surface area contributed by atoms with Crippen molar-refractivity contribution in [1.29, 1.82) is 0 Å². The third-order valence-electron chi connectivity index (χ3n) is 4.27. The lowest BCUT2D eigenvalue weighted by Crippen LogP contribution is -2.50. The number of carbonyl (C=O) groups excluding carboxylic acids is 2. The molecule has 2 rings (SSSR count). The highest BCUT2D eigenvalue weighted by Gasteiger charge is 2.30. The molecule has 0 aromatic heterocycles. The van der Waals surface area contributed by atoms with Crippen molar-refractivity contribution in [3.05, 3.63) is 0 Å². The Morgan fingerprint density at radius 3 is 2.24 bits per heavy atom. The van der Waals surface area contributed by atoms with Gasteiger partial charge in [-0.25, -0.2) is 9.59 Å². The minimum atomic E-state index is -0.684. The van der Waals surface area contributed by atoms with Gasteiger partial charge in [-0.2, -0.15) is 0 Å². The number of ether oxygens (including phenoxy) is 2. The normalized spacial score (nSPS) is 22.0. The molecule has 0 spiro atoms. The zero-order chi connectivity index (χ0) is 15.2. The first-order valence-corrected chi connectivity index (χ1v) is 7.72. The molecule has 0 unspecified atom stereocenters. The van der Waals surface area contributed by atoms with Gasteiger partial charge in [0.25, 0.3) is 0 Å². The fourth-order valence-corrected chi connectivity index (χ4v) is 3.15. The van der Waals surface area contributed by atoms with E-state index in [1.807, 2.05) is 6.92 Å². The molecule has 2 saturated heterocycles. The van der Waals surface area contributed by atoms with E-state index in [1.54, 1.807) is 4.90 Å². The number of likely N-dealkylation sites (tertiary alicyclic amines) is 2. The molecule has 21 heavy (non-hydrogen) atoms. The van der Waals surface area contributed by atoms with Crippen LogP contribution in [0.3, 0.4) is 0 Å². The summed E-state index contributed by atoms with van der Waals surface area (Å²) in [5.41, 5.74) is 5.04. The van der Waals surface area contributed by atoms with Gasteiger partial charge in [-0.1, -0.05) is 0 Å². The van der Waals surface area contributed by atoms with E-state index in [2.05, 4.69) is 4.90 Å². The van der Waals surface area contributed by atoms with E-state index < -0.39 is 6.09 Å². The first kappa shape index (κ1) is 15.9. The van der Waals surface area contributed by atoms with Crippen LogP contribution >= 0.6 is 0 Å². The molecule has 2 aliphatic heterocycles. The minimum Gasteiger partial charge on any atom is -0.450 e. The predicted molar refractivity (Wildman–Crippen MR) is 76.9 cm³/mol. The van der Waals surface area contributed by atoms with E-state index in [1.165, 1.54) is 0 Å². The van der Waals surface area contributed by atoms with Crippen molar-refractivity contribution in [2.75, 3.05) is 32.8 Å². The Kier molecular flexibility index (Phi) is 5.67. The van der Waals surface area contributed by atoms with Gasteiger partial charge in [0.05, 0.1) is 6.61 Å². The largest absolute Gasteiger partial charge is 0.450 e. The van der Waals surface area contributed by atoms with Crippen LogP contribution in [0.25, 0.3) is 0 Å². The molecule has 0 radical (unpaired) electrons. The maximum absolute atomic E-state index is 11.7. The highest BCUT2D eigenvalue weighted by molar-refractivity contribution is 5.67. The van der Waals surface area contributed by atoms with Crippen molar-refractivity contribution in [3.8, 4) is 0 Å². The smallest absolute Gasteiger partial charge is 0.409 e. The molecule has 2 heterocycles. The average molecular weight is 299 g/mol. The van der Waals surface area contributed by atoms with Crippen LogP contribution in [-0.2, 0) is 9.47 Å². The van der Waals surface area contributed by atoms with Crippen molar-refractivity contribution < 1.29 is 19.1 Å². The Bertz CT molecular complexity index is 361. The SMILES string of the molecule is CCOC(=O)N1CCC(N2CCC(OC(N)=O)CC2)CC1. The first-order chi connectivity index (χ1) is 10.1. The summed E-state index contributed by atoms with van der Waals surface area (Å²) in [7, 11) is 0. The van der Waals surface area contributed by atoms with E-state index >= 15 is 0 Å². The number of nitrogens with zero attached hydrogens (tertiary/aromatic N) is 2. The Hall–Kier alpha value is -1.50. The number of primary amides is 1. The number of hydrogen-bond donors (Lipinski definition) is 1. The molecule has 7 heteroatoms. The summed E-state index contributed by atoms with van der Waals surface area (Å²) in [6, 6.07) is 0.505. The van der Waals surface area contributed by atoms with Crippen molar-refractivity contribution in [2.24, 2.45) is 5.73 Å². The maximum Gasteiger partial charge on any atom is 0.409 e. The van der Waals surface area contributed by atoms with E-state index in [-0.39, 0.29) is 12.2 Å². The second-order valence-electron chi connectivity index (χ2n) is 5.59. The van der Waals surface area contributed by atoms with Crippen molar-refractivity contribution in [3.63, 3.8) is 0 Å². The van der Waals surface area contributed by atoms with Gasteiger partial charge in [-0.05, 0) is 32.6 Å². The summed E-state index contributed by atoms with van der Waals surface area (Å²) in [6.45, 7) is 5.58. The molecule has 0 bridgehead atoms. The monoisotopic (exact) mass is 299 g/mol. The highest BCUT2D eigenvalue weighted by Crippen LogP contribution is 2.22. The third-order valence-corrected chi connectivity index (χ3v) is 4.27. The number of hydrogen-bond acceptors (Lipinski definition) is 5. The van der Waals surface area contributed by atoms with Crippen LogP contribution in [0, 0.1) is 0 Å². The van der Waals surface area contributed by atoms with Crippen molar-refractivity contribution in [2.45, 2.75) is 44.8 Å². The number of rotatable bonds is 3. The highest BCUT2D eigenvalue weighted by atomic mass is 16.6. The molecule has 0 aromatic rings. The van der Waals surface area contributed by atoms with Crippen molar-refractivity contribution >= 4 is 12.2 Å². The second-order valence-corrected chi connectivity index (χ2v) is 5.59. The Morgan fingerprint density at radius 1 is 1.10 bits per heavy atom. The second kappa shape index (κ2) is 7.49.